The molecule has 0 radical (unpaired) electrons. The van der Waals surface area contributed by atoms with Gasteiger partial charge < -0.3 is 24.2 Å². The van der Waals surface area contributed by atoms with Gasteiger partial charge in [0.15, 0.2) is 11.5 Å². The van der Waals surface area contributed by atoms with Crippen LogP contribution in [0.5, 0.6) is 17.2 Å². The molecule has 0 bridgehead atoms. The van der Waals surface area contributed by atoms with Crippen LogP contribution < -0.4 is 19.1 Å². The van der Waals surface area contributed by atoms with Gasteiger partial charge in [-0.25, -0.2) is 4.39 Å². The third-order valence-electron chi connectivity index (χ3n) is 7.29. The SMILES string of the molecule is COc1ccc(CN2CCOc3ccc(C4(O)CCN(c5ccccc5F)CC4)cc3C2)cc1OC. The fourth-order valence-electron chi connectivity index (χ4n) is 5.22. The lowest BCUT2D eigenvalue weighted by Crippen LogP contribution is -2.43. The Kier molecular flexibility index (Phi) is 7.03. The number of piperidine rings is 1. The van der Waals surface area contributed by atoms with E-state index in [4.69, 9.17) is 14.2 Å². The molecule has 2 aliphatic rings. The summed E-state index contributed by atoms with van der Waals surface area (Å²) in [6, 6.07) is 18.9. The number of hydrogen-bond acceptors (Lipinski definition) is 6. The van der Waals surface area contributed by atoms with Crippen molar-refractivity contribution in [2.75, 3.05) is 45.4 Å². The lowest BCUT2D eigenvalue weighted by atomic mass is 9.83. The number of hydrogen-bond donors (Lipinski definition) is 1. The zero-order valence-corrected chi connectivity index (χ0v) is 20.9. The highest BCUT2D eigenvalue weighted by Crippen LogP contribution is 2.38. The van der Waals surface area contributed by atoms with Gasteiger partial charge in [0.05, 0.1) is 25.5 Å². The van der Waals surface area contributed by atoms with Crippen molar-refractivity contribution < 1.29 is 23.7 Å². The van der Waals surface area contributed by atoms with E-state index >= 15 is 0 Å². The van der Waals surface area contributed by atoms with Crippen LogP contribution in [0.3, 0.4) is 0 Å². The summed E-state index contributed by atoms with van der Waals surface area (Å²) >= 11 is 0. The number of halogens is 1. The van der Waals surface area contributed by atoms with Gasteiger partial charge in [-0.1, -0.05) is 24.3 Å². The van der Waals surface area contributed by atoms with Crippen LogP contribution in [0, 0.1) is 5.82 Å². The molecular weight excluding hydrogens is 459 g/mol. The number of methoxy groups -OCH3 is 2. The molecule has 2 heterocycles. The van der Waals surface area contributed by atoms with Gasteiger partial charge in [-0.2, -0.15) is 0 Å². The number of para-hydroxylation sites is 1. The van der Waals surface area contributed by atoms with Crippen molar-refractivity contribution in [2.24, 2.45) is 0 Å². The zero-order chi connectivity index (χ0) is 25.1. The van der Waals surface area contributed by atoms with Crippen LogP contribution in [0.4, 0.5) is 10.1 Å². The number of ether oxygens (including phenoxy) is 3. The summed E-state index contributed by atoms with van der Waals surface area (Å²) < 4.78 is 31.1. The molecule has 0 aliphatic carbocycles. The van der Waals surface area contributed by atoms with Crippen LogP contribution in [0.15, 0.2) is 60.7 Å². The normalized spacial score (nSPS) is 17.6. The van der Waals surface area contributed by atoms with E-state index in [1.807, 2.05) is 35.2 Å². The molecule has 0 atom stereocenters. The van der Waals surface area contributed by atoms with Crippen molar-refractivity contribution in [1.82, 2.24) is 4.90 Å². The molecule has 2 aliphatic heterocycles. The van der Waals surface area contributed by atoms with E-state index in [1.54, 1.807) is 26.4 Å². The molecule has 0 aromatic heterocycles. The first-order valence-corrected chi connectivity index (χ1v) is 12.4. The lowest BCUT2D eigenvalue weighted by Gasteiger charge is -2.40. The van der Waals surface area contributed by atoms with Crippen LogP contribution >= 0.6 is 0 Å². The third kappa shape index (κ3) is 4.99. The first-order chi connectivity index (χ1) is 17.5. The van der Waals surface area contributed by atoms with E-state index in [0.717, 1.165) is 42.1 Å². The Labute approximate surface area is 211 Å². The van der Waals surface area contributed by atoms with E-state index in [9.17, 15) is 9.50 Å². The van der Waals surface area contributed by atoms with E-state index in [1.165, 1.54) is 6.07 Å². The van der Waals surface area contributed by atoms with Crippen molar-refractivity contribution >= 4 is 5.69 Å². The monoisotopic (exact) mass is 492 g/mol. The van der Waals surface area contributed by atoms with Crippen molar-refractivity contribution in [1.29, 1.82) is 0 Å². The summed E-state index contributed by atoms with van der Waals surface area (Å²) in [6.07, 6.45) is 1.08. The maximum atomic E-state index is 14.3. The number of anilines is 1. The summed E-state index contributed by atoms with van der Waals surface area (Å²) in [6.45, 7) is 4.04. The molecule has 190 valence electrons. The van der Waals surface area contributed by atoms with Gasteiger partial charge in [0.1, 0.15) is 18.2 Å². The van der Waals surface area contributed by atoms with Crippen LogP contribution in [-0.4, -0.2) is 50.5 Å². The first kappa shape index (κ1) is 24.4. The van der Waals surface area contributed by atoms with Crippen molar-refractivity contribution in [3.05, 3.63) is 83.2 Å². The molecule has 1 fully saturated rings. The van der Waals surface area contributed by atoms with E-state index in [0.29, 0.717) is 49.7 Å². The average molecular weight is 493 g/mol. The molecule has 1 N–H and O–H groups in total. The van der Waals surface area contributed by atoms with E-state index < -0.39 is 5.60 Å². The van der Waals surface area contributed by atoms with Crippen molar-refractivity contribution in [2.45, 2.75) is 31.5 Å². The molecule has 0 spiro atoms. The van der Waals surface area contributed by atoms with Crippen LogP contribution in [0.2, 0.25) is 0 Å². The number of nitrogens with zero attached hydrogens (tertiary/aromatic N) is 2. The Morgan fingerprint density at radius 3 is 2.47 bits per heavy atom. The standard InChI is InChI=1S/C29H33FN2O4/c1-34-27-9-7-21(17-28(27)35-2)19-31-15-16-36-26-10-8-23(18-22(26)20-31)29(33)11-13-32(14-12-29)25-6-4-3-5-24(25)30/h3-10,17-18,33H,11-16,19-20H2,1-2H3. The predicted octanol–water partition coefficient (Wildman–Crippen LogP) is 4.73. The van der Waals surface area contributed by atoms with E-state index in [2.05, 4.69) is 17.0 Å². The second kappa shape index (κ2) is 10.4. The zero-order valence-electron chi connectivity index (χ0n) is 20.9. The Hall–Kier alpha value is -3.29. The topological polar surface area (TPSA) is 54.4 Å². The highest BCUT2D eigenvalue weighted by atomic mass is 19.1. The molecule has 6 nitrogen and oxygen atoms in total. The van der Waals surface area contributed by atoms with Crippen LogP contribution in [-0.2, 0) is 18.7 Å². The van der Waals surface area contributed by atoms with Crippen LogP contribution in [0.25, 0.3) is 0 Å². The van der Waals surface area contributed by atoms with E-state index in [-0.39, 0.29) is 5.82 Å². The summed E-state index contributed by atoms with van der Waals surface area (Å²) in [5, 5.41) is 11.6. The minimum Gasteiger partial charge on any atom is -0.493 e. The quantitative estimate of drug-likeness (QED) is 0.537. The summed E-state index contributed by atoms with van der Waals surface area (Å²) in [5.74, 6) is 2.07. The number of rotatable bonds is 6. The summed E-state index contributed by atoms with van der Waals surface area (Å²) in [4.78, 5) is 4.35. The largest absolute Gasteiger partial charge is 0.493 e. The van der Waals surface area contributed by atoms with Gasteiger partial charge in [0.2, 0.25) is 0 Å². The Morgan fingerprint density at radius 1 is 0.944 bits per heavy atom. The van der Waals surface area contributed by atoms with Gasteiger partial charge in [-0.15, -0.1) is 0 Å². The number of aliphatic hydroxyl groups is 1. The first-order valence-electron chi connectivity index (χ1n) is 12.4. The maximum Gasteiger partial charge on any atom is 0.161 e. The third-order valence-corrected chi connectivity index (χ3v) is 7.29. The highest BCUT2D eigenvalue weighted by molar-refractivity contribution is 5.49. The predicted molar refractivity (Wildman–Crippen MR) is 137 cm³/mol. The Morgan fingerprint density at radius 2 is 1.72 bits per heavy atom. The Bertz CT molecular complexity index is 1210. The van der Waals surface area contributed by atoms with Gasteiger partial charge in [-0.3, -0.25) is 4.90 Å². The lowest BCUT2D eigenvalue weighted by molar-refractivity contribution is 0.0115. The van der Waals surface area contributed by atoms with Gasteiger partial charge in [-0.05, 0) is 60.4 Å². The minimum absolute atomic E-state index is 0.223. The second-order valence-electron chi connectivity index (χ2n) is 9.54. The second-order valence-corrected chi connectivity index (χ2v) is 9.54. The molecule has 0 saturated carbocycles. The van der Waals surface area contributed by atoms with Crippen molar-refractivity contribution in [3.63, 3.8) is 0 Å². The van der Waals surface area contributed by atoms with Gasteiger partial charge in [0.25, 0.3) is 0 Å². The molecule has 3 aromatic carbocycles. The number of fused-ring (bicyclic) bond motifs is 1. The van der Waals surface area contributed by atoms with Crippen LogP contribution in [0.1, 0.15) is 29.5 Å². The average Bonchev–Trinajstić information content (AvgIpc) is 3.10. The molecule has 36 heavy (non-hydrogen) atoms. The van der Waals surface area contributed by atoms with Crippen molar-refractivity contribution in [3.8, 4) is 17.2 Å². The van der Waals surface area contributed by atoms with Gasteiger partial charge in [0, 0.05) is 38.3 Å². The highest BCUT2D eigenvalue weighted by Gasteiger charge is 2.35. The molecule has 0 amide bonds. The fraction of sp³-hybridized carbons (Fsp3) is 0.379. The fourth-order valence-corrected chi connectivity index (χ4v) is 5.22. The summed E-state index contributed by atoms with van der Waals surface area (Å²) in [7, 11) is 3.28. The smallest absolute Gasteiger partial charge is 0.161 e. The molecular formula is C29H33FN2O4. The minimum atomic E-state index is -0.947. The molecule has 0 unspecified atom stereocenters. The molecule has 1 saturated heterocycles. The molecule has 5 rings (SSSR count). The number of benzene rings is 3. The summed E-state index contributed by atoms with van der Waals surface area (Å²) in [5.41, 5.74) is 2.74. The Balaban J connectivity index is 1.30. The molecule has 3 aromatic rings. The molecule has 7 heteroatoms. The maximum absolute atomic E-state index is 14.3. The van der Waals surface area contributed by atoms with Gasteiger partial charge >= 0.3 is 0 Å².